The first-order valence-corrected chi connectivity index (χ1v) is 10.5. The Hall–Kier alpha value is -3.16. The van der Waals surface area contributed by atoms with Gasteiger partial charge in [0.1, 0.15) is 0 Å². The molecule has 5 rings (SSSR count). The van der Waals surface area contributed by atoms with Crippen molar-refractivity contribution in [3.05, 3.63) is 120 Å². The number of hydrogen-bond donors (Lipinski definition) is 0. The summed E-state index contributed by atoms with van der Waals surface area (Å²) in [6, 6.07) is 41.1. The summed E-state index contributed by atoms with van der Waals surface area (Å²) < 4.78 is 1.09. The maximum absolute atomic E-state index is 3.56. The van der Waals surface area contributed by atoms with Crippen LogP contribution in [0.4, 0.5) is 0 Å². The van der Waals surface area contributed by atoms with E-state index >= 15 is 0 Å². The van der Waals surface area contributed by atoms with Gasteiger partial charge >= 0.3 is 0 Å². The third-order valence-electron chi connectivity index (χ3n) is 5.35. The van der Waals surface area contributed by atoms with Crippen molar-refractivity contribution in [2.24, 2.45) is 0 Å². The molecule has 0 unspecified atom stereocenters. The van der Waals surface area contributed by atoms with Crippen LogP contribution in [0.5, 0.6) is 0 Å². The summed E-state index contributed by atoms with van der Waals surface area (Å²) in [5, 5.41) is 2.55. The molecule has 0 heterocycles. The van der Waals surface area contributed by atoms with Gasteiger partial charge in [0.15, 0.2) is 0 Å². The molecule has 5 aromatic rings. The van der Waals surface area contributed by atoms with Crippen LogP contribution >= 0.6 is 15.9 Å². The summed E-state index contributed by atoms with van der Waals surface area (Å²) in [4.78, 5) is 0. The second-order valence-corrected chi connectivity index (χ2v) is 8.05. The Morgan fingerprint density at radius 1 is 0.414 bits per heavy atom. The van der Waals surface area contributed by atoms with Crippen LogP contribution in [-0.4, -0.2) is 0 Å². The van der Waals surface area contributed by atoms with E-state index in [1.807, 2.05) is 0 Å². The molecule has 0 aliphatic rings. The summed E-state index contributed by atoms with van der Waals surface area (Å²) in [6.45, 7) is 0. The summed E-state index contributed by atoms with van der Waals surface area (Å²) >= 11 is 3.56. The normalized spacial score (nSPS) is 10.9. The molecule has 0 N–H and O–H groups in total. The van der Waals surface area contributed by atoms with E-state index in [9.17, 15) is 0 Å². The largest absolute Gasteiger partial charge is 0.0622 e. The number of fused-ring (bicyclic) bond motifs is 1. The molecular formula is C28H19Br. The first kappa shape index (κ1) is 17.9. The van der Waals surface area contributed by atoms with Crippen molar-refractivity contribution in [1.82, 2.24) is 0 Å². The summed E-state index contributed by atoms with van der Waals surface area (Å²) in [6.07, 6.45) is 0. The lowest BCUT2D eigenvalue weighted by molar-refractivity contribution is 1.58. The molecule has 1 heteroatoms. The molecule has 0 aromatic heterocycles. The van der Waals surface area contributed by atoms with Crippen LogP contribution < -0.4 is 0 Å². The van der Waals surface area contributed by atoms with E-state index in [2.05, 4.69) is 131 Å². The van der Waals surface area contributed by atoms with E-state index in [0.29, 0.717) is 0 Å². The molecule has 0 spiro atoms. The molecule has 0 radical (unpaired) electrons. The minimum atomic E-state index is 1.09. The van der Waals surface area contributed by atoms with Crippen molar-refractivity contribution in [3.63, 3.8) is 0 Å². The SMILES string of the molecule is Brc1ccc(-c2cc(-c3ccccc3)c(-c3ccccc3)c3ccccc23)cc1. The van der Waals surface area contributed by atoms with Crippen LogP contribution in [0.15, 0.2) is 120 Å². The Labute approximate surface area is 179 Å². The monoisotopic (exact) mass is 434 g/mol. The van der Waals surface area contributed by atoms with Crippen molar-refractivity contribution in [1.29, 1.82) is 0 Å². The maximum atomic E-state index is 3.56. The van der Waals surface area contributed by atoms with Gasteiger partial charge in [0.2, 0.25) is 0 Å². The fourth-order valence-electron chi connectivity index (χ4n) is 4.00. The van der Waals surface area contributed by atoms with Gasteiger partial charge in [-0.15, -0.1) is 0 Å². The molecule has 0 amide bonds. The minimum Gasteiger partial charge on any atom is -0.0622 e. The van der Waals surface area contributed by atoms with Crippen LogP contribution in [0.25, 0.3) is 44.2 Å². The van der Waals surface area contributed by atoms with E-state index < -0.39 is 0 Å². The van der Waals surface area contributed by atoms with Gasteiger partial charge < -0.3 is 0 Å². The number of benzene rings is 5. The molecule has 5 aromatic carbocycles. The minimum absolute atomic E-state index is 1.09. The third kappa shape index (κ3) is 3.39. The summed E-state index contributed by atoms with van der Waals surface area (Å²) in [5.74, 6) is 0. The molecule has 0 aliphatic carbocycles. The van der Waals surface area contributed by atoms with Crippen molar-refractivity contribution in [2.45, 2.75) is 0 Å². The van der Waals surface area contributed by atoms with Crippen molar-refractivity contribution in [2.75, 3.05) is 0 Å². The zero-order chi connectivity index (χ0) is 19.6. The van der Waals surface area contributed by atoms with Crippen molar-refractivity contribution in [3.8, 4) is 33.4 Å². The van der Waals surface area contributed by atoms with E-state index in [1.54, 1.807) is 0 Å². The second kappa shape index (κ2) is 7.69. The highest BCUT2D eigenvalue weighted by Crippen LogP contribution is 2.43. The zero-order valence-electron chi connectivity index (χ0n) is 15.8. The Morgan fingerprint density at radius 2 is 0.931 bits per heavy atom. The van der Waals surface area contributed by atoms with E-state index in [1.165, 1.54) is 44.2 Å². The van der Waals surface area contributed by atoms with Crippen LogP contribution in [0.2, 0.25) is 0 Å². The third-order valence-corrected chi connectivity index (χ3v) is 5.88. The lowest BCUT2D eigenvalue weighted by Crippen LogP contribution is -1.91. The highest BCUT2D eigenvalue weighted by atomic mass is 79.9. The van der Waals surface area contributed by atoms with Crippen LogP contribution in [-0.2, 0) is 0 Å². The molecule has 138 valence electrons. The molecule has 0 atom stereocenters. The van der Waals surface area contributed by atoms with E-state index in [4.69, 9.17) is 0 Å². The summed E-state index contributed by atoms with van der Waals surface area (Å²) in [5.41, 5.74) is 7.50. The zero-order valence-corrected chi connectivity index (χ0v) is 17.4. The molecule has 0 saturated carbocycles. The van der Waals surface area contributed by atoms with Gasteiger partial charge in [-0.3, -0.25) is 0 Å². The maximum Gasteiger partial charge on any atom is 0.0175 e. The average molecular weight is 435 g/mol. The number of rotatable bonds is 3. The molecule has 0 nitrogen and oxygen atoms in total. The fraction of sp³-hybridized carbons (Fsp3) is 0. The van der Waals surface area contributed by atoms with E-state index in [0.717, 1.165) is 4.47 Å². The standard InChI is InChI=1S/C28H19Br/c29-23-17-15-21(16-18-23)26-19-27(20-9-3-1-4-10-20)28(22-11-5-2-6-12-22)25-14-8-7-13-24(25)26/h1-19H. The van der Waals surface area contributed by atoms with Gasteiger partial charge in [-0.2, -0.15) is 0 Å². The topological polar surface area (TPSA) is 0 Å². The Bertz CT molecular complexity index is 1270. The van der Waals surface area contributed by atoms with Crippen LogP contribution in [0, 0.1) is 0 Å². The first-order valence-electron chi connectivity index (χ1n) is 9.74. The average Bonchev–Trinajstić information content (AvgIpc) is 2.80. The summed E-state index contributed by atoms with van der Waals surface area (Å²) in [7, 11) is 0. The number of hydrogen-bond acceptors (Lipinski definition) is 0. The van der Waals surface area contributed by atoms with Gasteiger partial charge in [-0.1, -0.05) is 113 Å². The molecular weight excluding hydrogens is 416 g/mol. The Morgan fingerprint density at radius 3 is 1.59 bits per heavy atom. The Balaban J connectivity index is 1.91. The lowest BCUT2D eigenvalue weighted by Gasteiger charge is -2.18. The molecule has 0 bridgehead atoms. The Kier molecular flexibility index (Phi) is 4.75. The van der Waals surface area contributed by atoms with Gasteiger partial charge in [-0.25, -0.2) is 0 Å². The molecule has 0 saturated heterocycles. The van der Waals surface area contributed by atoms with Gasteiger partial charge in [0, 0.05) is 4.47 Å². The highest BCUT2D eigenvalue weighted by molar-refractivity contribution is 9.10. The van der Waals surface area contributed by atoms with Gasteiger partial charge in [0.05, 0.1) is 0 Å². The molecule has 29 heavy (non-hydrogen) atoms. The molecule has 0 aliphatic heterocycles. The quantitative estimate of drug-likeness (QED) is 0.266. The highest BCUT2D eigenvalue weighted by Gasteiger charge is 2.16. The predicted molar refractivity (Wildman–Crippen MR) is 128 cm³/mol. The fourth-order valence-corrected chi connectivity index (χ4v) is 4.27. The first-order chi connectivity index (χ1) is 14.3. The van der Waals surface area contributed by atoms with E-state index in [-0.39, 0.29) is 0 Å². The van der Waals surface area contributed by atoms with Gasteiger partial charge in [-0.05, 0) is 62.4 Å². The van der Waals surface area contributed by atoms with Crippen molar-refractivity contribution < 1.29 is 0 Å². The van der Waals surface area contributed by atoms with Crippen LogP contribution in [0.1, 0.15) is 0 Å². The predicted octanol–water partition coefficient (Wildman–Crippen LogP) is 8.60. The number of halogens is 1. The lowest BCUT2D eigenvalue weighted by atomic mass is 9.85. The smallest absolute Gasteiger partial charge is 0.0175 e. The molecule has 0 fully saturated rings. The van der Waals surface area contributed by atoms with Crippen LogP contribution in [0.3, 0.4) is 0 Å². The van der Waals surface area contributed by atoms with Gasteiger partial charge in [0.25, 0.3) is 0 Å². The second-order valence-electron chi connectivity index (χ2n) is 7.13. The van der Waals surface area contributed by atoms with Crippen molar-refractivity contribution >= 4 is 26.7 Å².